The average molecular weight is 474 g/mol. The largest absolute Gasteiger partial charge is 0.468 e. The van der Waals surface area contributed by atoms with Crippen LogP contribution in [0.2, 0.25) is 10.0 Å². The van der Waals surface area contributed by atoms with E-state index < -0.39 is 11.9 Å². The first-order valence-electron chi connectivity index (χ1n) is 7.29. The van der Waals surface area contributed by atoms with Gasteiger partial charge < -0.3 is 9.30 Å². The third kappa shape index (κ3) is 4.01. The fraction of sp³-hybridized carbons (Fsp3) is 0.118. The first-order chi connectivity index (χ1) is 12.4. The van der Waals surface area contributed by atoms with E-state index >= 15 is 0 Å². The van der Waals surface area contributed by atoms with E-state index in [4.69, 9.17) is 27.9 Å². The zero-order valence-corrected chi connectivity index (χ0v) is 17.2. The highest BCUT2D eigenvalue weighted by molar-refractivity contribution is 9.10. The number of ether oxygens (including phenoxy) is 1. The Kier molecular flexibility index (Phi) is 5.82. The Hall–Kier alpha value is -1.67. The van der Waals surface area contributed by atoms with Crippen molar-refractivity contribution < 1.29 is 14.3 Å². The highest BCUT2D eigenvalue weighted by atomic mass is 79.9. The van der Waals surface area contributed by atoms with Crippen LogP contribution in [0.15, 0.2) is 45.9 Å². The molecule has 0 aliphatic carbocycles. The number of nitrogens with zero attached hydrogens (tertiary/aromatic N) is 2. The van der Waals surface area contributed by atoms with Gasteiger partial charge in [0.2, 0.25) is 0 Å². The number of methoxy groups -OCH3 is 1. The van der Waals surface area contributed by atoms with Gasteiger partial charge in [-0.25, -0.2) is 0 Å². The molecule has 1 heterocycles. The van der Waals surface area contributed by atoms with Gasteiger partial charge in [0.15, 0.2) is 4.80 Å². The monoisotopic (exact) mass is 472 g/mol. The molecule has 0 aliphatic heterocycles. The lowest BCUT2D eigenvalue weighted by Gasteiger charge is -2.04. The molecule has 3 aromatic rings. The predicted molar refractivity (Wildman–Crippen MR) is 106 cm³/mol. The van der Waals surface area contributed by atoms with Crippen LogP contribution in [0.5, 0.6) is 0 Å². The molecule has 0 bridgehead atoms. The van der Waals surface area contributed by atoms with Crippen molar-refractivity contribution in [3.05, 3.63) is 61.3 Å². The summed E-state index contributed by atoms with van der Waals surface area (Å²) >= 11 is 16.7. The molecule has 134 valence electrons. The number of benzene rings is 2. The van der Waals surface area contributed by atoms with Crippen molar-refractivity contribution >= 4 is 72.6 Å². The van der Waals surface area contributed by atoms with Gasteiger partial charge in [0.25, 0.3) is 5.91 Å². The molecule has 0 unspecified atom stereocenters. The van der Waals surface area contributed by atoms with E-state index in [1.165, 1.54) is 30.6 Å². The molecule has 5 nitrogen and oxygen atoms in total. The molecule has 0 fully saturated rings. The van der Waals surface area contributed by atoms with Crippen molar-refractivity contribution in [3.8, 4) is 0 Å². The topological polar surface area (TPSA) is 60.7 Å². The number of hydrogen-bond donors (Lipinski definition) is 0. The smallest absolute Gasteiger partial charge is 0.325 e. The molecule has 2 aromatic carbocycles. The lowest BCUT2D eigenvalue weighted by molar-refractivity contribution is -0.141. The zero-order valence-electron chi connectivity index (χ0n) is 13.3. The van der Waals surface area contributed by atoms with Crippen molar-refractivity contribution in [2.45, 2.75) is 6.54 Å². The standard InChI is InChI=1S/C17H11BrCl2N2O3S/c1-25-15(23)8-22-13-5-2-9(18)6-14(13)26-17(22)21-16(24)11-7-10(19)3-4-12(11)20/h2-7H,8H2,1H3. The van der Waals surface area contributed by atoms with Crippen molar-refractivity contribution in [2.75, 3.05) is 7.11 Å². The molecule has 0 N–H and O–H groups in total. The summed E-state index contributed by atoms with van der Waals surface area (Å²) < 4.78 is 8.13. The highest BCUT2D eigenvalue weighted by Crippen LogP contribution is 2.24. The summed E-state index contributed by atoms with van der Waals surface area (Å²) in [6, 6.07) is 10.2. The summed E-state index contributed by atoms with van der Waals surface area (Å²) in [7, 11) is 1.31. The molecule has 0 saturated heterocycles. The number of halogens is 3. The molecule has 0 saturated carbocycles. The average Bonchev–Trinajstić information content (AvgIpc) is 2.93. The number of hydrogen-bond acceptors (Lipinski definition) is 4. The third-order valence-electron chi connectivity index (χ3n) is 3.52. The van der Waals surface area contributed by atoms with Gasteiger partial charge in [0.05, 0.1) is 27.9 Å². The van der Waals surface area contributed by atoms with Crippen molar-refractivity contribution in [1.29, 1.82) is 0 Å². The highest BCUT2D eigenvalue weighted by Gasteiger charge is 2.14. The van der Waals surface area contributed by atoms with Crippen LogP contribution in [0, 0.1) is 0 Å². The summed E-state index contributed by atoms with van der Waals surface area (Å²) in [5.41, 5.74) is 0.967. The van der Waals surface area contributed by atoms with Gasteiger partial charge in [-0.3, -0.25) is 9.59 Å². The van der Waals surface area contributed by atoms with E-state index in [1.807, 2.05) is 18.2 Å². The molecule has 3 rings (SSSR count). The quantitative estimate of drug-likeness (QED) is 0.518. The first-order valence-corrected chi connectivity index (χ1v) is 9.65. The van der Waals surface area contributed by atoms with Crippen molar-refractivity contribution in [2.24, 2.45) is 4.99 Å². The van der Waals surface area contributed by atoms with Crippen molar-refractivity contribution in [3.63, 3.8) is 0 Å². The molecule has 26 heavy (non-hydrogen) atoms. The van der Waals surface area contributed by atoms with Gasteiger partial charge in [-0.05, 0) is 36.4 Å². The van der Waals surface area contributed by atoms with Crippen LogP contribution in [-0.4, -0.2) is 23.6 Å². The van der Waals surface area contributed by atoms with Crippen LogP contribution >= 0.6 is 50.5 Å². The van der Waals surface area contributed by atoms with Crippen LogP contribution in [0.4, 0.5) is 0 Å². The van der Waals surface area contributed by atoms with Gasteiger partial charge in [-0.1, -0.05) is 50.5 Å². The van der Waals surface area contributed by atoms with E-state index in [2.05, 4.69) is 20.9 Å². The third-order valence-corrected chi connectivity index (χ3v) is 5.61. The first kappa shape index (κ1) is 19.1. The molecule has 0 spiro atoms. The number of aromatic nitrogens is 1. The van der Waals surface area contributed by atoms with E-state index in [-0.39, 0.29) is 17.1 Å². The van der Waals surface area contributed by atoms with E-state index in [9.17, 15) is 9.59 Å². The summed E-state index contributed by atoms with van der Waals surface area (Å²) in [4.78, 5) is 28.9. The Morgan fingerprint density at radius 3 is 2.73 bits per heavy atom. The summed E-state index contributed by atoms with van der Waals surface area (Å²) in [5.74, 6) is -0.982. The minimum Gasteiger partial charge on any atom is -0.468 e. The van der Waals surface area contributed by atoms with Crippen LogP contribution < -0.4 is 4.80 Å². The number of fused-ring (bicyclic) bond motifs is 1. The maximum Gasteiger partial charge on any atom is 0.325 e. The number of carbonyl (C=O) groups is 2. The maximum atomic E-state index is 12.6. The van der Waals surface area contributed by atoms with Gasteiger partial charge in [0.1, 0.15) is 6.54 Å². The maximum absolute atomic E-state index is 12.6. The van der Waals surface area contributed by atoms with Crippen LogP contribution in [0.3, 0.4) is 0 Å². The molecule has 0 aliphatic rings. The van der Waals surface area contributed by atoms with Crippen molar-refractivity contribution in [1.82, 2.24) is 4.57 Å². The molecular formula is C17H11BrCl2N2O3S. The van der Waals surface area contributed by atoms with E-state index in [1.54, 1.807) is 10.6 Å². The Morgan fingerprint density at radius 2 is 2.00 bits per heavy atom. The summed E-state index contributed by atoms with van der Waals surface area (Å²) in [5, 5.41) is 0.641. The van der Waals surface area contributed by atoms with Gasteiger partial charge >= 0.3 is 5.97 Å². The van der Waals surface area contributed by atoms with Gasteiger partial charge in [-0.2, -0.15) is 4.99 Å². The second-order valence-corrected chi connectivity index (χ2v) is 7.97. The molecule has 0 atom stereocenters. The predicted octanol–water partition coefficient (Wildman–Crippen LogP) is 4.69. The molecule has 1 amide bonds. The number of amides is 1. The Balaban J connectivity index is 2.17. The fourth-order valence-corrected chi connectivity index (χ4v) is 4.24. The molecule has 1 aromatic heterocycles. The van der Waals surface area contributed by atoms with Crippen LogP contribution in [0.1, 0.15) is 10.4 Å². The lowest BCUT2D eigenvalue weighted by atomic mass is 10.2. The van der Waals surface area contributed by atoms with Crippen LogP contribution in [-0.2, 0) is 16.1 Å². The molecule has 0 radical (unpaired) electrons. The van der Waals surface area contributed by atoms with Crippen LogP contribution in [0.25, 0.3) is 10.2 Å². The van der Waals surface area contributed by atoms with E-state index in [0.717, 1.165) is 14.7 Å². The minimum absolute atomic E-state index is 0.0620. The SMILES string of the molecule is COC(=O)Cn1c(=NC(=O)c2cc(Cl)ccc2Cl)sc2cc(Br)ccc21. The second kappa shape index (κ2) is 7.92. The fourth-order valence-electron chi connectivity index (χ4n) is 2.29. The summed E-state index contributed by atoms with van der Waals surface area (Å²) in [6.45, 7) is -0.0620. The minimum atomic E-state index is -0.540. The number of thiazole rings is 1. The van der Waals surface area contributed by atoms with Gasteiger partial charge in [0, 0.05) is 9.50 Å². The summed E-state index contributed by atoms with van der Waals surface area (Å²) in [6.07, 6.45) is 0. The zero-order chi connectivity index (χ0) is 18.8. The second-order valence-electron chi connectivity index (χ2n) is 5.20. The Labute approximate surface area is 171 Å². The van der Waals surface area contributed by atoms with E-state index in [0.29, 0.717) is 9.82 Å². The number of esters is 1. The molecule has 9 heteroatoms. The molecular weight excluding hydrogens is 463 g/mol. The normalized spacial score (nSPS) is 11.8. The Bertz CT molecular complexity index is 1090. The number of carbonyl (C=O) groups excluding carboxylic acids is 2. The number of rotatable bonds is 3. The van der Waals surface area contributed by atoms with Gasteiger partial charge in [-0.15, -0.1) is 0 Å². The Morgan fingerprint density at radius 1 is 1.23 bits per heavy atom. The lowest BCUT2D eigenvalue weighted by Crippen LogP contribution is -2.22.